The Morgan fingerprint density at radius 1 is 1.13 bits per heavy atom. The molecule has 0 amide bonds. The van der Waals surface area contributed by atoms with Crippen molar-refractivity contribution in [2.45, 2.75) is 38.0 Å². The highest BCUT2D eigenvalue weighted by Gasteiger charge is 2.39. The van der Waals surface area contributed by atoms with Gasteiger partial charge in [0.15, 0.2) is 5.78 Å². The van der Waals surface area contributed by atoms with Crippen LogP contribution in [0.5, 0.6) is 0 Å². The fourth-order valence-corrected chi connectivity index (χ4v) is 5.35. The van der Waals surface area contributed by atoms with Crippen LogP contribution >= 0.6 is 11.8 Å². The van der Waals surface area contributed by atoms with Crippen molar-refractivity contribution in [3.05, 3.63) is 64.3 Å². The lowest BCUT2D eigenvalue weighted by Crippen LogP contribution is -2.30. The van der Waals surface area contributed by atoms with Crippen LogP contribution in [0.3, 0.4) is 0 Å². The summed E-state index contributed by atoms with van der Waals surface area (Å²) >= 11 is 1.85. The SMILES string of the molecule is CCN(CC)CCSc1ccc2c(c1)C(C)(C)c1[nH]c3cc(C#N)ccc3c1C2=O. The molecule has 0 aliphatic heterocycles. The van der Waals surface area contributed by atoms with Crippen molar-refractivity contribution < 1.29 is 4.79 Å². The van der Waals surface area contributed by atoms with Crippen LogP contribution in [0.15, 0.2) is 41.3 Å². The third-order valence-electron chi connectivity index (χ3n) is 6.26. The van der Waals surface area contributed by atoms with Gasteiger partial charge in [-0.15, -0.1) is 11.8 Å². The Morgan fingerprint density at radius 3 is 2.60 bits per heavy atom. The van der Waals surface area contributed by atoms with Crippen molar-refractivity contribution in [3.8, 4) is 6.07 Å². The predicted molar refractivity (Wildman–Crippen MR) is 124 cm³/mol. The minimum atomic E-state index is -0.320. The second-order valence-corrected chi connectivity index (χ2v) is 9.45. The molecule has 4 rings (SSSR count). The van der Waals surface area contributed by atoms with Crippen molar-refractivity contribution in [2.24, 2.45) is 0 Å². The molecule has 0 radical (unpaired) electrons. The van der Waals surface area contributed by atoms with Crippen LogP contribution in [0.4, 0.5) is 0 Å². The van der Waals surface area contributed by atoms with Gasteiger partial charge in [-0.25, -0.2) is 0 Å². The molecule has 0 fully saturated rings. The largest absolute Gasteiger partial charge is 0.357 e. The van der Waals surface area contributed by atoms with Crippen LogP contribution in [-0.2, 0) is 5.41 Å². The summed E-state index contributed by atoms with van der Waals surface area (Å²) < 4.78 is 0. The molecule has 1 aliphatic carbocycles. The molecular formula is C25H27N3OS. The van der Waals surface area contributed by atoms with E-state index in [9.17, 15) is 10.1 Å². The Morgan fingerprint density at radius 2 is 1.90 bits per heavy atom. The number of hydrogen-bond acceptors (Lipinski definition) is 4. The fraction of sp³-hybridized carbons (Fsp3) is 0.360. The zero-order valence-electron chi connectivity index (χ0n) is 18.0. The minimum Gasteiger partial charge on any atom is -0.357 e. The van der Waals surface area contributed by atoms with E-state index in [1.165, 1.54) is 4.90 Å². The van der Waals surface area contributed by atoms with E-state index >= 15 is 0 Å². The molecule has 5 heteroatoms. The second-order valence-electron chi connectivity index (χ2n) is 8.28. The number of carbonyl (C=O) groups is 1. The van der Waals surface area contributed by atoms with Crippen LogP contribution in [-0.4, -0.2) is 41.1 Å². The Bertz CT molecular complexity index is 1170. The number of carbonyl (C=O) groups excluding carboxylic acids is 1. The molecule has 154 valence electrons. The molecule has 0 bridgehead atoms. The van der Waals surface area contributed by atoms with Crippen molar-refractivity contribution in [1.82, 2.24) is 9.88 Å². The molecule has 0 saturated carbocycles. The van der Waals surface area contributed by atoms with Gasteiger partial charge in [0.2, 0.25) is 0 Å². The minimum absolute atomic E-state index is 0.0648. The highest BCUT2D eigenvalue weighted by molar-refractivity contribution is 7.99. The predicted octanol–water partition coefficient (Wildman–Crippen LogP) is 5.34. The molecular weight excluding hydrogens is 390 g/mol. The third-order valence-corrected chi connectivity index (χ3v) is 7.23. The first-order chi connectivity index (χ1) is 14.4. The van der Waals surface area contributed by atoms with E-state index in [4.69, 9.17) is 0 Å². The topological polar surface area (TPSA) is 59.9 Å². The molecule has 30 heavy (non-hydrogen) atoms. The lowest BCUT2D eigenvalue weighted by atomic mass is 9.71. The van der Waals surface area contributed by atoms with Gasteiger partial charge in [-0.05, 0) is 49.0 Å². The molecule has 0 spiro atoms. The summed E-state index contributed by atoms with van der Waals surface area (Å²) in [4.78, 5) is 20.5. The Balaban J connectivity index is 1.71. The first kappa shape index (κ1) is 20.7. The zero-order valence-corrected chi connectivity index (χ0v) is 18.8. The highest BCUT2D eigenvalue weighted by atomic mass is 32.2. The first-order valence-electron chi connectivity index (χ1n) is 10.5. The number of rotatable bonds is 6. The molecule has 4 nitrogen and oxygen atoms in total. The van der Waals surface area contributed by atoms with Crippen molar-refractivity contribution in [2.75, 3.05) is 25.4 Å². The van der Waals surface area contributed by atoms with E-state index in [1.807, 2.05) is 30.0 Å². The number of nitriles is 1. The quantitative estimate of drug-likeness (QED) is 0.550. The van der Waals surface area contributed by atoms with Gasteiger partial charge in [-0.3, -0.25) is 4.79 Å². The number of nitrogens with zero attached hydrogens (tertiary/aromatic N) is 2. The number of benzene rings is 2. The van der Waals surface area contributed by atoms with Gasteiger partial charge in [-0.2, -0.15) is 5.26 Å². The number of nitrogens with one attached hydrogen (secondary N) is 1. The normalized spacial score (nSPS) is 14.6. The monoisotopic (exact) mass is 417 g/mol. The standard InChI is InChI=1S/C25H27N3OS/c1-5-28(6-2)11-12-30-17-8-10-18-20(14-17)25(3,4)24-22(23(18)29)19-9-7-16(15-26)13-21(19)27-24/h7-10,13-14,27H,5-6,11-12H2,1-4H3. The van der Waals surface area contributed by atoms with Gasteiger partial charge in [0.05, 0.1) is 17.2 Å². The molecule has 1 N–H and O–H groups in total. The fourth-order valence-electron chi connectivity index (χ4n) is 4.40. The Labute approximate surface area is 182 Å². The number of fused-ring (bicyclic) bond motifs is 4. The molecule has 0 unspecified atom stereocenters. The Kier molecular flexibility index (Phi) is 5.48. The molecule has 3 aromatic rings. The Hall–Kier alpha value is -2.55. The van der Waals surface area contributed by atoms with Crippen molar-refractivity contribution in [1.29, 1.82) is 5.26 Å². The smallest absolute Gasteiger partial charge is 0.195 e. The van der Waals surface area contributed by atoms with Crippen molar-refractivity contribution in [3.63, 3.8) is 0 Å². The number of thioether (sulfide) groups is 1. The maximum absolute atomic E-state index is 13.4. The first-order valence-corrected chi connectivity index (χ1v) is 11.5. The average Bonchev–Trinajstić information content (AvgIpc) is 3.15. The van der Waals surface area contributed by atoms with Crippen LogP contribution in [0.1, 0.15) is 60.4 Å². The van der Waals surface area contributed by atoms with E-state index in [0.29, 0.717) is 5.56 Å². The van der Waals surface area contributed by atoms with Gasteiger partial charge in [-0.1, -0.05) is 33.8 Å². The maximum atomic E-state index is 13.4. The molecule has 1 aliphatic rings. The zero-order chi connectivity index (χ0) is 21.5. The molecule has 0 saturated heterocycles. The van der Waals surface area contributed by atoms with Crippen LogP contribution in [0.25, 0.3) is 10.9 Å². The van der Waals surface area contributed by atoms with E-state index < -0.39 is 0 Å². The lowest BCUT2D eigenvalue weighted by Gasteiger charge is -2.32. The summed E-state index contributed by atoms with van der Waals surface area (Å²) in [7, 11) is 0. The molecule has 2 aromatic carbocycles. The van der Waals surface area contributed by atoms with Crippen LogP contribution in [0.2, 0.25) is 0 Å². The van der Waals surface area contributed by atoms with Gasteiger partial charge in [0.1, 0.15) is 0 Å². The molecule has 1 aromatic heterocycles. The number of hydrogen-bond donors (Lipinski definition) is 1. The van der Waals surface area contributed by atoms with E-state index in [0.717, 1.165) is 58.7 Å². The van der Waals surface area contributed by atoms with Crippen molar-refractivity contribution >= 4 is 28.4 Å². The number of aromatic amines is 1. The van der Waals surface area contributed by atoms with E-state index in [-0.39, 0.29) is 11.2 Å². The van der Waals surface area contributed by atoms with Crippen LogP contribution in [0, 0.1) is 11.3 Å². The lowest BCUT2D eigenvalue weighted by molar-refractivity contribution is 0.103. The van der Waals surface area contributed by atoms with Gasteiger partial charge in [0, 0.05) is 44.8 Å². The summed E-state index contributed by atoms with van der Waals surface area (Å²) in [5.74, 6) is 1.10. The molecule has 1 heterocycles. The van der Waals surface area contributed by atoms with E-state index in [1.54, 1.807) is 6.07 Å². The number of aromatic nitrogens is 1. The second kappa shape index (κ2) is 7.94. The summed E-state index contributed by atoms with van der Waals surface area (Å²) in [6.07, 6.45) is 0. The third kappa shape index (κ3) is 3.34. The van der Waals surface area contributed by atoms with Crippen LogP contribution < -0.4 is 0 Å². The highest BCUT2D eigenvalue weighted by Crippen LogP contribution is 2.44. The number of ketones is 1. The van der Waals surface area contributed by atoms with Gasteiger partial charge >= 0.3 is 0 Å². The number of H-pyrrole nitrogens is 1. The average molecular weight is 418 g/mol. The van der Waals surface area contributed by atoms with Gasteiger partial charge in [0.25, 0.3) is 0 Å². The summed E-state index contributed by atoms with van der Waals surface area (Å²) in [6.45, 7) is 11.9. The maximum Gasteiger partial charge on any atom is 0.195 e. The summed E-state index contributed by atoms with van der Waals surface area (Å²) in [5, 5.41) is 10.1. The summed E-state index contributed by atoms with van der Waals surface area (Å²) in [5.41, 5.74) is 4.66. The van der Waals surface area contributed by atoms with Gasteiger partial charge < -0.3 is 9.88 Å². The molecule has 0 atom stereocenters. The van der Waals surface area contributed by atoms with E-state index in [2.05, 4.69) is 55.8 Å². The summed E-state index contributed by atoms with van der Waals surface area (Å²) in [6, 6.07) is 13.9.